The zero-order valence-electron chi connectivity index (χ0n) is 23.6. The van der Waals surface area contributed by atoms with E-state index in [0.717, 1.165) is 55.5 Å². The molecule has 3 heteroatoms. The van der Waals surface area contributed by atoms with Crippen LogP contribution in [0.2, 0.25) is 0 Å². The summed E-state index contributed by atoms with van der Waals surface area (Å²) in [6, 6.07) is 0. The molecule has 7 unspecified atom stereocenters. The van der Waals surface area contributed by atoms with Crippen LogP contribution in [0.4, 0.5) is 0 Å². The van der Waals surface area contributed by atoms with E-state index in [1.807, 2.05) is 0 Å². The summed E-state index contributed by atoms with van der Waals surface area (Å²) in [5, 5.41) is 11.0. The molecule has 0 aromatic rings. The smallest absolute Gasteiger partial charge is 0.101 e. The van der Waals surface area contributed by atoms with E-state index in [9.17, 15) is 5.11 Å². The molecule has 198 valence electrons. The minimum absolute atomic E-state index is 0.135. The van der Waals surface area contributed by atoms with Crippen LogP contribution in [-0.4, -0.2) is 42.4 Å². The Morgan fingerprint density at radius 3 is 2.38 bits per heavy atom. The zero-order chi connectivity index (χ0) is 24.8. The Kier molecular flexibility index (Phi) is 10.8. The molecule has 1 N–H and O–H groups in total. The molecular formula is C31H57NO2. The van der Waals surface area contributed by atoms with Crippen LogP contribution in [0.5, 0.6) is 0 Å². The Morgan fingerprint density at radius 2 is 1.76 bits per heavy atom. The number of ether oxygens (including phenoxy) is 1. The summed E-state index contributed by atoms with van der Waals surface area (Å²) in [7, 11) is 2.21. The van der Waals surface area contributed by atoms with Crippen molar-refractivity contribution < 1.29 is 9.84 Å². The number of piperidine rings is 1. The number of nitrogens with zero attached hydrogens (tertiary/aromatic N) is 1. The van der Waals surface area contributed by atoms with Gasteiger partial charge in [-0.2, -0.15) is 0 Å². The zero-order valence-corrected chi connectivity index (χ0v) is 23.6. The van der Waals surface area contributed by atoms with Gasteiger partial charge in [0.05, 0.1) is 11.9 Å². The molecule has 0 radical (unpaired) electrons. The Labute approximate surface area is 212 Å². The first kappa shape index (κ1) is 28.0. The topological polar surface area (TPSA) is 32.7 Å². The lowest BCUT2D eigenvalue weighted by Crippen LogP contribution is -2.34. The summed E-state index contributed by atoms with van der Waals surface area (Å²) < 4.78 is 6.43. The molecule has 0 aromatic carbocycles. The first-order chi connectivity index (χ1) is 16.2. The highest BCUT2D eigenvalue weighted by Crippen LogP contribution is 2.47. The SMILES string of the molecule is CCC(O)[C@H](CC(C)CC1CC=C(OC2CCN(C)CC2)CC1C)CC1CC(C)[C@H](C)C1CC. The van der Waals surface area contributed by atoms with Gasteiger partial charge in [0.1, 0.15) is 6.10 Å². The summed E-state index contributed by atoms with van der Waals surface area (Å²) in [5.41, 5.74) is 0. The van der Waals surface area contributed by atoms with E-state index in [0.29, 0.717) is 23.9 Å². The molecule has 2 aliphatic carbocycles. The molecular weight excluding hydrogens is 418 g/mol. The minimum atomic E-state index is -0.135. The van der Waals surface area contributed by atoms with Crippen molar-refractivity contribution in [2.75, 3.05) is 20.1 Å². The van der Waals surface area contributed by atoms with Crippen LogP contribution >= 0.6 is 0 Å². The molecule has 0 amide bonds. The van der Waals surface area contributed by atoms with Crippen molar-refractivity contribution in [3.8, 4) is 0 Å². The lowest BCUT2D eigenvalue weighted by molar-refractivity contribution is 0.0419. The van der Waals surface area contributed by atoms with Gasteiger partial charge in [0.15, 0.2) is 0 Å². The van der Waals surface area contributed by atoms with Gasteiger partial charge in [-0.25, -0.2) is 0 Å². The molecule has 2 fully saturated rings. The van der Waals surface area contributed by atoms with Crippen LogP contribution in [0.15, 0.2) is 11.8 Å². The number of allylic oxidation sites excluding steroid dienone is 2. The van der Waals surface area contributed by atoms with Gasteiger partial charge in [-0.1, -0.05) is 48.0 Å². The normalized spacial score (nSPS) is 36.2. The van der Waals surface area contributed by atoms with Gasteiger partial charge in [0.25, 0.3) is 0 Å². The molecule has 3 rings (SSSR count). The average molecular weight is 476 g/mol. The highest BCUT2D eigenvalue weighted by atomic mass is 16.5. The maximum Gasteiger partial charge on any atom is 0.101 e. The number of aliphatic hydroxyl groups excluding tert-OH is 1. The second-order valence-electron chi connectivity index (χ2n) is 12.9. The Balaban J connectivity index is 1.51. The quantitative estimate of drug-likeness (QED) is 0.335. The first-order valence-electron chi connectivity index (χ1n) is 14.9. The van der Waals surface area contributed by atoms with E-state index in [1.165, 1.54) is 57.1 Å². The van der Waals surface area contributed by atoms with Crippen molar-refractivity contribution in [2.45, 2.75) is 118 Å². The Hall–Kier alpha value is -0.540. The molecule has 3 nitrogen and oxygen atoms in total. The van der Waals surface area contributed by atoms with Gasteiger partial charge in [-0.05, 0) is 112 Å². The van der Waals surface area contributed by atoms with Crippen molar-refractivity contribution in [3.05, 3.63) is 11.8 Å². The molecule has 1 heterocycles. The van der Waals surface area contributed by atoms with Crippen LogP contribution in [-0.2, 0) is 4.74 Å². The Bertz CT molecular complexity index is 625. The molecule has 0 bridgehead atoms. The van der Waals surface area contributed by atoms with Crippen molar-refractivity contribution >= 4 is 0 Å². The molecule has 1 saturated heterocycles. The van der Waals surface area contributed by atoms with Gasteiger partial charge in [0.2, 0.25) is 0 Å². The van der Waals surface area contributed by atoms with Crippen molar-refractivity contribution in [2.24, 2.45) is 47.3 Å². The fourth-order valence-corrected chi connectivity index (χ4v) is 7.78. The van der Waals surface area contributed by atoms with Crippen LogP contribution in [0, 0.1) is 47.3 Å². The summed E-state index contributed by atoms with van der Waals surface area (Å²) in [6.07, 6.45) is 14.6. The largest absolute Gasteiger partial charge is 0.495 e. The maximum absolute atomic E-state index is 11.0. The number of hydrogen-bond acceptors (Lipinski definition) is 3. The molecule has 3 aliphatic rings. The predicted molar refractivity (Wildman–Crippen MR) is 145 cm³/mol. The van der Waals surface area contributed by atoms with Crippen LogP contribution in [0.1, 0.15) is 106 Å². The fraction of sp³-hybridized carbons (Fsp3) is 0.935. The molecule has 34 heavy (non-hydrogen) atoms. The monoisotopic (exact) mass is 475 g/mol. The van der Waals surface area contributed by atoms with E-state index < -0.39 is 0 Å². The highest BCUT2D eigenvalue weighted by molar-refractivity contribution is 5.03. The van der Waals surface area contributed by atoms with Crippen molar-refractivity contribution in [1.29, 1.82) is 0 Å². The lowest BCUT2D eigenvalue weighted by Gasteiger charge is -2.35. The average Bonchev–Trinajstić information content (AvgIpc) is 3.08. The third kappa shape index (κ3) is 7.48. The molecule has 1 aliphatic heterocycles. The van der Waals surface area contributed by atoms with E-state index in [-0.39, 0.29) is 6.10 Å². The van der Waals surface area contributed by atoms with Gasteiger partial charge in [-0.15, -0.1) is 0 Å². The molecule has 1 saturated carbocycles. The summed E-state index contributed by atoms with van der Waals surface area (Å²) in [4.78, 5) is 2.41. The number of aliphatic hydroxyl groups is 1. The highest BCUT2D eigenvalue weighted by Gasteiger charge is 2.39. The summed E-state index contributed by atoms with van der Waals surface area (Å²) in [5.74, 6) is 7.21. The predicted octanol–water partition coefficient (Wildman–Crippen LogP) is 7.54. The number of rotatable bonds is 11. The Morgan fingerprint density at radius 1 is 1.06 bits per heavy atom. The number of likely N-dealkylation sites (tertiary alicyclic amines) is 1. The molecule has 9 atom stereocenters. The van der Waals surface area contributed by atoms with Crippen LogP contribution in [0.25, 0.3) is 0 Å². The minimum Gasteiger partial charge on any atom is -0.495 e. The van der Waals surface area contributed by atoms with Gasteiger partial charge >= 0.3 is 0 Å². The summed E-state index contributed by atoms with van der Waals surface area (Å²) >= 11 is 0. The number of hydrogen-bond donors (Lipinski definition) is 1. The van der Waals surface area contributed by atoms with Gasteiger partial charge in [0, 0.05) is 19.5 Å². The van der Waals surface area contributed by atoms with Crippen molar-refractivity contribution in [3.63, 3.8) is 0 Å². The van der Waals surface area contributed by atoms with E-state index in [2.05, 4.69) is 59.6 Å². The second kappa shape index (κ2) is 13.1. The van der Waals surface area contributed by atoms with E-state index in [1.54, 1.807) is 0 Å². The fourth-order valence-electron chi connectivity index (χ4n) is 7.78. The standard InChI is InChI=1S/C31H57NO2/c1-8-30-24(6)22(4)18-26(30)20-27(31(33)9-2)17-21(3)16-25-10-11-29(19-23(25)5)34-28-12-14-32(7)15-13-28/h11,21-28,30-31,33H,8-10,12-20H2,1-7H3/t21?,22?,23?,24-,25?,26?,27+,30?,31?/m0/s1. The third-order valence-electron chi connectivity index (χ3n) is 10.3. The van der Waals surface area contributed by atoms with E-state index >= 15 is 0 Å². The third-order valence-corrected chi connectivity index (χ3v) is 10.3. The maximum atomic E-state index is 11.0. The second-order valence-corrected chi connectivity index (χ2v) is 12.9. The summed E-state index contributed by atoms with van der Waals surface area (Å²) in [6.45, 7) is 16.7. The molecule has 0 aromatic heterocycles. The van der Waals surface area contributed by atoms with E-state index in [4.69, 9.17) is 4.74 Å². The molecule has 0 spiro atoms. The van der Waals surface area contributed by atoms with Gasteiger partial charge in [-0.3, -0.25) is 0 Å². The first-order valence-corrected chi connectivity index (χ1v) is 14.9. The van der Waals surface area contributed by atoms with Crippen LogP contribution in [0.3, 0.4) is 0 Å². The van der Waals surface area contributed by atoms with Crippen LogP contribution < -0.4 is 0 Å². The van der Waals surface area contributed by atoms with Crippen molar-refractivity contribution in [1.82, 2.24) is 4.90 Å². The van der Waals surface area contributed by atoms with Gasteiger partial charge < -0.3 is 14.7 Å². The lowest BCUT2D eigenvalue weighted by atomic mass is 9.74.